The van der Waals surface area contributed by atoms with Crippen molar-refractivity contribution in [2.45, 2.75) is 83.0 Å². The number of anilines is 1. The van der Waals surface area contributed by atoms with Crippen LogP contribution >= 0.6 is 0 Å². The fourth-order valence-corrected chi connectivity index (χ4v) is 7.30. The molecule has 0 radical (unpaired) electrons. The van der Waals surface area contributed by atoms with Crippen molar-refractivity contribution in [3.05, 3.63) is 65.4 Å². The smallest absolute Gasteiger partial charge is 0.290 e. The van der Waals surface area contributed by atoms with Gasteiger partial charge in [-0.2, -0.15) is 0 Å². The van der Waals surface area contributed by atoms with E-state index in [2.05, 4.69) is 29.0 Å². The molecule has 0 saturated heterocycles. The first-order valence-electron chi connectivity index (χ1n) is 15.0. The van der Waals surface area contributed by atoms with Crippen LogP contribution in [-0.2, 0) is 27.7 Å². The maximum atomic E-state index is 13.8. The molecule has 4 N–H and O–H groups in total. The Bertz CT molecular complexity index is 1500. The van der Waals surface area contributed by atoms with Crippen LogP contribution in [0, 0.1) is 0 Å². The zero-order chi connectivity index (χ0) is 31.1. The first kappa shape index (κ1) is 32.5. The van der Waals surface area contributed by atoms with Gasteiger partial charge >= 0.3 is 0 Å². The predicted octanol–water partition coefficient (Wildman–Crippen LogP) is 3.87. The molecular weight excluding hydrogens is 568 g/mol. The van der Waals surface area contributed by atoms with Crippen molar-refractivity contribution in [2.24, 2.45) is 0 Å². The van der Waals surface area contributed by atoms with E-state index < -0.39 is 22.2 Å². The van der Waals surface area contributed by atoms with Crippen LogP contribution in [0.15, 0.2) is 48.7 Å². The van der Waals surface area contributed by atoms with Gasteiger partial charge in [-0.1, -0.05) is 49.6 Å². The first-order valence-corrected chi connectivity index (χ1v) is 16.6. The summed E-state index contributed by atoms with van der Waals surface area (Å²) in [4.78, 5) is 22.2. The average Bonchev–Trinajstić information content (AvgIpc) is 3.34. The van der Waals surface area contributed by atoms with Gasteiger partial charge in [0.2, 0.25) is 10.0 Å². The molecule has 1 aliphatic carbocycles. The Balaban J connectivity index is 0.00000135. The number of nitrogens with zero attached hydrogens (tertiary/aromatic N) is 2. The number of carbonyl (C=O) groups is 2. The molecule has 0 bridgehead atoms. The summed E-state index contributed by atoms with van der Waals surface area (Å²) in [5.74, 6) is -0.306. The summed E-state index contributed by atoms with van der Waals surface area (Å²) in [6, 6.07) is 13.4. The van der Waals surface area contributed by atoms with E-state index in [0.29, 0.717) is 36.7 Å². The Labute approximate surface area is 254 Å². The van der Waals surface area contributed by atoms with Gasteiger partial charge in [-0.25, -0.2) is 8.42 Å². The fourth-order valence-electron chi connectivity index (χ4n) is 6.11. The van der Waals surface area contributed by atoms with Gasteiger partial charge in [0, 0.05) is 42.8 Å². The molecule has 11 heteroatoms. The number of aromatic nitrogens is 1. The molecule has 43 heavy (non-hydrogen) atoms. The van der Waals surface area contributed by atoms with E-state index >= 15 is 0 Å². The highest BCUT2D eigenvalue weighted by Crippen LogP contribution is 2.38. The van der Waals surface area contributed by atoms with Crippen LogP contribution in [0.25, 0.3) is 10.9 Å². The number of hydrogen-bond acceptors (Lipinski definition) is 6. The second-order valence-corrected chi connectivity index (χ2v) is 13.9. The minimum absolute atomic E-state index is 0.0241. The van der Waals surface area contributed by atoms with Gasteiger partial charge in [0.25, 0.3) is 12.4 Å². The maximum Gasteiger partial charge on any atom is 0.290 e. The number of nitrogens with one attached hydrogen (secondary N) is 2. The van der Waals surface area contributed by atoms with Crippen LogP contribution < -0.4 is 14.9 Å². The summed E-state index contributed by atoms with van der Waals surface area (Å²) < 4.78 is 29.3. The molecule has 1 saturated carbocycles. The molecule has 5 rings (SSSR count). The number of aryl methyl sites for hydroxylation is 1. The molecule has 1 aliphatic heterocycles. The number of carbonyl (C=O) groups excluding carboxylic acids is 1. The standard InChI is InChI=1S/C31H42N4O4S.CH2O2/c1-21(2)35-20-23-14-15-40(38,39)34(3)27-17-24(18-28(35)30(23)27)31(37)33-26(16-22-10-6-4-7-11-22)29(36)19-32-25-12-8-5-9-13-25;2-1-3/h4,6-7,10-11,17-18,20-21,25-26,29,32,36H,5,8-9,12-16,19H2,1-3H3,(H,33,37);1H,(H,2,3)/t26-,29+;/m0./s1. The van der Waals surface area contributed by atoms with Gasteiger partial charge < -0.3 is 25.4 Å². The molecular formula is C32H44N4O6S. The van der Waals surface area contributed by atoms with Gasteiger partial charge in [-0.05, 0) is 62.8 Å². The lowest BCUT2D eigenvalue weighted by Gasteiger charge is -2.28. The molecule has 3 aromatic rings. The fraction of sp³-hybridized carbons (Fsp3) is 0.500. The Morgan fingerprint density at radius 3 is 2.44 bits per heavy atom. The average molecular weight is 613 g/mol. The molecule has 1 aromatic heterocycles. The summed E-state index contributed by atoms with van der Waals surface area (Å²) in [6.07, 6.45) is 8.03. The Kier molecular flexibility index (Phi) is 10.9. The van der Waals surface area contributed by atoms with Crippen molar-refractivity contribution >= 4 is 39.0 Å². The lowest BCUT2D eigenvalue weighted by molar-refractivity contribution is -0.122. The van der Waals surface area contributed by atoms with E-state index in [1.165, 1.54) is 23.6 Å². The zero-order valence-corrected chi connectivity index (χ0v) is 26.0. The molecule has 1 amide bonds. The van der Waals surface area contributed by atoms with Crippen LogP contribution in [0.2, 0.25) is 0 Å². The van der Waals surface area contributed by atoms with Crippen molar-refractivity contribution in [1.82, 2.24) is 15.2 Å². The van der Waals surface area contributed by atoms with Crippen molar-refractivity contribution in [3.63, 3.8) is 0 Å². The van der Waals surface area contributed by atoms with Crippen molar-refractivity contribution in [2.75, 3.05) is 23.7 Å². The van der Waals surface area contributed by atoms with Crippen LogP contribution in [-0.4, -0.2) is 73.1 Å². The van der Waals surface area contributed by atoms with Crippen molar-refractivity contribution in [1.29, 1.82) is 0 Å². The van der Waals surface area contributed by atoms with E-state index in [9.17, 15) is 18.3 Å². The number of aliphatic hydroxyl groups is 1. The molecule has 2 heterocycles. The van der Waals surface area contributed by atoms with Crippen LogP contribution in [0.5, 0.6) is 0 Å². The van der Waals surface area contributed by atoms with Crippen molar-refractivity contribution < 1.29 is 28.2 Å². The minimum Gasteiger partial charge on any atom is -0.483 e. The summed E-state index contributed by atoms with van der Waals surface area (Å²) in [7, 11) is -1.95. The van der Waals surface area contributed by atoms with Crippen LogP contribution in [0.4, 0.5) is 5.69 Å². The summed E-state index contributed by atoms with van der Waals surface area (Å²) in [6.45, 7) is 4.30. The second-order valence-electron chi connectivity index (χ2n) is 11.8. The zero-order valence-electron chi connectivity index (χ0n) is 25.2. The third-order valence-electron chi connectivity index (χ3n) is 8.50. The lowest BCUT2D eigenvalue weighted by Crippen LogP contribution is -2.50. The third-order valence-corrected chi connectivity index (χ3v) is 10.2. The van der Waals surface area contributed by atoms with E-state index in [1.54, 1.807) is 13.1 Å². The largest absolute Gasteiger partial charge is 0.483 e. The number of aliphatic hydroxyl groups excluding tert-OH is 1. The van der Waals surface area contributed by atoms with Gasteiger partial charge in [-0.3, -0.25) is 13.9 Å². The molecule has 10 nitrogen and oxygen atoms in total. The molecule has 2 aromatic carbocycles. The first-order chi connectivity index (χ1) is 20.6. The monoisotopic (exact) mass is 612 g/mol. The van der Waals surface area contributed by atoms with E-state index in [0.717, 1.165) is 34.9 Å². The molecule has 1 fully saturated rings. The molecule has 0 unspecified atom stereocenters. The summed E-state index contributed by atoms with van der Waals surface area (Å²) in [5, 5.41) is 25.7. The SMILES string of the molecule is CC(C)n1cc2c3c(cc(C(=O)N[C@@H](Cc4ccccc4)[C@H](O)CNC4CCCCC4)cc31)N(C)S(=O)(=O)CC2.O=CO. The molecule has 2 atom stereocenters. The highest BCUT2D eigenvalue weighted by Gasteiger charge is 2.30. The van der Waals surface area contributed by atoms with Gasteiger partial charge in [0.15, 0.2) is 0 Å². The molecule has 234 valence electrons. The number of carboxylic acid groups (broad SMARTS) is 1. The Morgan fingerprint density at radius 2 is 1.79 bits per heavy atom. The second kappa shape index (κ2) is 14.4. The van der Waals surface area contributed by atoms with Crippen LogP contribution in [0.1, 0.15) is 73.5 Å². The molecule has 0 spiro atoms. The summed E-state index contributed by atoms with van der Waals surface area (Å²) in [5.41, 5.74) is 3.74. The van der Waals surface area contributed by atoms with Gasteiger partial charge in [0.1, 0.15) is 0 Å². The van der Waals surface area contributed by atoms with E-state index in [1.807, 2.05) is 42.6 Å². The van der Waals surface area contributed by atoms with Gasteiger partial charge in [0.05, 0.1) is 29.1 Å². The molecule has 2 aliphatic rings. The highest BCUT2D eigenvalue weighted by molar-refractivity contribution is 7.92. The van der Waals surface area contributed by atoms with Crippen molar-refractivity contribution in [3.8, 4) is 0 Å². The van der Waals surface area contributed by atoms with Gasteiger partial charge in [-0.15, -0.1) is 0 Å². The number of amides is 1. The van der Waals surface area contributed by atoms with E-state index in [-0.39, 0.29) is 24.2 Å². The quantitative estimate of drug-likeness (QED) is 0.269. The Morgan fingerprint density at radius 1 is 1.12 bits per heavy atom. The highest BCUT2D eigenvalue weighted by atomic mass is 32.2. The number of hydrogen-bond donors (Lipinski definition) is 4. The lowest BCUT2D eigenvalue weighted by atomic mass is 9.94. The number of benzene rings is 2. The van der Waals surface area contributed by atoms with E-state index in [4.69, 9.17) is 9.90 Å². The topological polar surface area (TPSA) is 141 Å². The third kappa shape index (κ3) is 7.76. The normalized spacial score (nSPS) is 17.9. The minimum atomic E-state index is -3.51. The number of rotatable bonds is 9. The predicted molar refractivity (Wildman–Crippen MR) is 169 cm³/mol. The Hall–Kier alpha value is -3.41. The summed E-state index contributed by atoms with van der Waals surface area (Å²) >= 11 is 0. The number of sulfonamides is 1. The maximum absolute atomic E-state index is 13.8. The van der Waals surface area contributed by atoms with Crippen LogP contribution in [0.3, 0.4) is 0 Å².